The summed E-state index contributed by atoms with van der Waals surface area (Å²) in [6.45, 7) is 0.272. The molecule has 0 aliphatic heterocycles. The lowest BCUT2D eigenvalue weighted by atomic mass is 10.1. The fourth-order valence-electron chi connectivity index (χ4n) is 4.26. The van der Waals surface area contributed by atoms with E-state index in [0.29, 0.717) is 12.8 Å². The van der Waals surface area contributed by atoms with Crippen molar-refractivity contribution in [3.63, 3.8) is 0 Å². The lowest BCUT2D eigenvalue weighted by Gasteiger charge is -2.00. The lowest BCUT2D eigenvalue weighted by Crippen LogP contribution is -1.89. The smallest absolute Gasteiger partial charge is 0.0482 e. The lowest BCUT2D eigenvalue weighted by molar-refractivity contribution is 0.299. The minimum absolute atomic E-state index is 0.136. The zero-order valence-corrected chi connectivity index (χ0v) is 24.8. The summed E-state index contributed by atoms with van der Waals surface area (Å²) in [5, 5.41) is 19.5. The van der Waals surface area contributed by atoms with Crippen LogP contribution in [-0.2, 0) is 12.8 Å². The largest absolute Gasteiger partial charge is 0.396 e. The molecule has 7 heteroatoms. The highest BCUT2D eigenvalue weighted by molar-refractivity contribution is 7.98. The van der Waals surface area contributed by atoms with Gasteiger partial charge in [0.15, 0.2) is 0 Å². The van der Waals surface area contributed by atoms with Crippen LogP contribution in [0.4, 0.5) is 0 Å². The van der Waals surface area contributed by atoms with Gasteiger partial charge in [0, 0.05) is 52.3 Å². The van der Waals surface area contributed by atoms with Crippen LogP contribution < -0.4 is 0 Å². The topological polar surface area (TPSA) is 40.5 Å². The Morgan fingerprint density at radius 3 is 1.30 bits per heavy atom. The Kier molecular flexibility index (Phi) is 8.93. The van der Waals surface area contributed by atoms with Crippen molar-refractivity contribution in [3.8, 4) is 40.4 Å². The maximum absolute atomic E-state index is 9.74. The maximum atomic E-state index is 9.74. The number of aliphatic hydroxyl groups is 2. The van der Waals surface area contributed by atoms with Crippen LogP contribution in [0.5, 0.6) is 0 Å². The first-order chi connectivity index (χ1) is 18.1. The Balaban J connectivity index is 1.50. The van der Waals surface area contributed by atoms with Gasteiger partial charge >= 0.3 is 0 Å². The molecule has 0 unspecified atom stereocenters. The third kappa shape index (κ3) is 5.93. The van der Waals surface area contributed by atoms with Gasteiger partial charge in [-0.1, -0.05) is 24.3 Å². The summed E-state index contributed by atoms with van der Waals surface area (Å²) in [6.07, 6.45) is 5.48. The molecule has 0 fully saturated rings. The number of hydrogen-bond acceptors (Lipinski definition) is 7. The van der Waals surface area contributed by atoms with Crippen LogP contribution >= 0.6 is 57.5 Å². The average molecular weight is 581 g/mol. The molecule has 0 bridgehead atoms. The van der Waals surface area contributed by atoms with Crippen LogP contribution in [0, 0.1) is 0 Å². The molecule has 0 amide bonds. The van der Waals surface area contributed by atoms with Crippen molar-refractivity contribution in [2.75, 3.05) is 25.7 Å². The van der Waals surface area contributed by atoms with Gasteiger partial charge in [-0.05, 0) is 96.1 Å². The standard InChI is InChI=1S/C30H28O2S5/c1-33-23-7-3-19(4-8-23)27-17-21(13-15-31)29(36-27)25-11-12-26(35-25)30-22(14-16-32)18-28(37-30)20-5-9-24(34-2)10-6-20/h3-12,17-18,31-32H,13-16H2,1-2H3. The zero-order chi connectivity index (χ0) is 25.8. The number of hydrogen-bond donors (Lipinski definition) is 2. The van der Waals surface area contributed by atoms with Crippen LogP contribution in [0.3, 0.4) is 0 Å². The van der Waals surface area contributed by atoms with Gasteiger partial charge in [0.1, 0.15) is 0 Å². The molecule has 3 aromatic heterocycles. The number of thioether (sulfide) groups is 2. The van der Waals surface area contributed by atoms with Crippen LogP contribution in [0.2, 0.25) is 0 Å². The summed E-state index contributed by atoms with van der Waals surface area (Å²) in [6, 6.07) is 26.3. The monoisotopic (exact) mass is 580 g/mol. The Labute approximate surface area is 239 Å². The molecule has 2 aromatic carbocycles. The SMILES string of the molecule is CSc1ccc(-c2cc(CCO)c(-c3ccc(-c4sc(-c5ccc(SC)cc5)cc4CCO)s3)s2)cc1. The molecular weight excluding hydrogens is 553 g/mol. The fourth-order valence-corrected chi connectivity index (χ4v) is 8.81. The third-order valence-corrected chi connectivity index (χ3v) is 11.6. The molecular formula is C30H28O2S5. The van der Waals surface area contributed by atoms with Crippen molar-refractivity contribution in [1.82, 2.24) is 0 Å². The Morgan fingerprint density at radius 1 is 0.541 bits per heavy atom. The number of thiophene rings is 3. The van der Waals surface area contributed by atoms with Crippen molar-refractivity contribution >= 4 is 57.5 Å². The molecule has 37 heavy (non-hydrogen) atoms. The molecule has 0 aliphatic rings. The molecule has 0 saturated carbocycles. The van der Waals surface area contributed by atoms with E-state index in [1.165, 1.54) is 61.3 Å². The normalized spacial score (nSPS) is 11.4. The zero-order valence-electron chi connectivity index (χ0n) is 20.7. The van der Waals surface area contributed by atoms with Crippen molar-refractivity contribution in [2.24, 2.45) is 0 Å². The second-order valence-corrected chi connectivity index (χ2v) is 13.4. The van der Waals surface area contributed by atoms with E-state index in [0.717, 1.165) is 0 Å². The van der Waals surface area contributed by atoms with Gasteiger partial charge in [0.2, 0.25) is 0 Å². The second-order valence-electron chi connectivity index (χ2n) is 8.50. The molecule has 2 N–H and O–H groups in total. The summed E-state index contributed by atoms with van der Waals surface area (Å²) in [5.74, 6) is 0. The predicted octanol–water partition coefficient (Wildman–Crippen LogP) is 9.05. The van der Waals surface area contributed by atoms with Gasteiger partial charge < -0.3 is 10.2 Å². The van der Waals surface area contributed by atoms with E-state index in [9.17, 15) is 10.2 Å². The van der Waals surface area contributed by atoms with E-state index in [4.69, 9.17) is 0 Å². The highest BCUT2D eigenvalue weighted by atomic mass is 32.2. The first-order valence-corrected chi connectivity index (χ1v) is 16.9. The van der Waals surface area contributed by atoms with E-state index in [2.05, 4.69) is 85.3 Å². The Morgan fingerprint density at radius 2 is 0.946 bits per heavy atom. The molecule has 2 nitrogen and oxygen atoms in total. The predicted molar refractivity (Wildman–Crippen MR) is 167 cm³/mol. The third-order valence-electron chi connectivity index (χ3n) is 6.18. The minimum Gasteiger partial charge on any atom is -0.396 e. The van der Waals surface area contributed by atoms with Crippen LogP contribution in [0.1, 0.15) is 11.1 Å². The van der Waals surface area contributed by atoms with Crippen LogP contribution in [-0.4, -0.2) is 35.9 Å². The van der Waals surface area contributed by atoms with Crippen LogP contribution in [0.15, 0.2) is 82.6 Å². The molecule has 0 aliphatic carbocycles. The molecule has 0 atom stereocenters. The Hall–Kier alpha value is -1.84. The molecule has 0 saturated heterocycles. The quantitative estimate of drug-likeness (QED) is 0.162. The number of aliphatic hydroxyl groups excluding tert-OH is 2. The summed E-state index contributed by atoms with van der Waals surface area (Å²) in [5.41, 5.74) is 4.82. The van der Waals surface area contributed by atoms with Crippen molar-refractivity contribution in [3.05, 3.63) is 83.9 Å². The number of benzene rings is 2. The average Bonchev–Trinajstić information content (AvgIpc) is 3.68. The second kappa shape index (κ2) is 12.3. The van der Waals surface area contributed by atoms with Crippen molar-refractivity contribution < 1.29 is 10.2 Å². The maximum Gasteiger partial charge on any atom is 0.0482 e. The molecule has 0 spiro atoms. The first kappa shape index (κ1) is 26.8. The minimum atomic E-state index is 0.136. The van der Waals surface area contributed by atoms with Gasteiger partial charge in [-0.15, -0.1) is 57.5 Å². The molecule has 3 heterocycles. The van der Waals surface area contributed by atoms with Crippen molar-refractivity contribution in [1.29, 1.82) is 0 Å². The summed E-state index contributed by atoms with van der Waals surface area (Å²) in [7, 11) is 0. The van der Waals surface area contributed by atoms with E-state index >= 15 is 0 Å². The van der Waals surface area contributed by atoms with Gasteiger partial charge in [-0.3, -0.25) is 0 Å². The molecule has 5 aromatic rings. The van der Waals surface area contributed by atoms with Gasteiger partial charge in [-0.25, -0.2) is 0 Å². The number of rotatable bonds is 10. The van der Waals surface area contributed by atoms with Gasteiger partial charge in [-0.2, -0.15) is 0 Å². The summed E-state index contributed by atoms with van der Waals surface area (Å²) >= 11 is 8.90. The molecule has 0 radical (unpaired) electrons. The first-order valence-electron chi connectivity index (χ1n) is 12.0. The van der Waals surface area contributed by atoms with Gasteiger partial charge in [0.25, 0.3) is 0 Å². The van der Waals surface area contributed by atoms with Crippen molar-refractivity contribution in [2.45, 2.75) is 22.6 Å². The van der Waals surface area contributed by atoms with E-state index < -0.39 is 0 Å². The van der Waals surface area contributed by atoms with Crippen LogP contribution in [0.25, 0.3) is 40.4 Å². The van der Waals surface area contributed by atoms with Gasteiger partial charge in [0.05, 0.1) is 0 Å². The summed E-state index contributed by atoms with van der Waals surface area (Å²) in [4.78, 5) is 9.91. The molecule has 5 rings (SSSR count). The van der Waals surface area contributed by atoms with E-state index in [1.807, 2.05) is 0 Å². The molecule has 190 valence electrons. The highest BCUT2D eigenvalue weighted by Crippen LogP contribution is 2.46. The summed E-state index contributed by atoms with van der Waals surface area (Å²) < 4.78 is 0. The highest BCUT2D eigenvalue weighted by Gasteiger charge is 2.18. The van der Waals surface area contributed by atoms with E-state index in [-0.39, 0.29) is 13.2 Å². The Bertz CT molecular complexity index is 1350. The fraction of sp³-hybridized carbons (Fsp3) is 0.200. The van der Waals surface area contributed by atoms with E-state index in [1.54, 1.807) is 57.5 Å².